The van der Waals surface area contributed by atoms with Crippen LogP contribution in [0.2, 0.25) is 0 Å². The van der Waals surface area contributed by atoms with E-state index in [-0.39, 0.29) is 5.92 Å². The lowest BCUT2D eigenvalue weighted by Gasteiger charge is -2.19. The van der Waals surface area contributed by atoms with Crippen molar-refractivity contribution in [1.29, 1.82) is 5.26 Å². The van der Waals surface area contributed by atoms with Gasteiger partial charge in [0, 0.05) is 25.0 Å². The first-order valence-corrected chi connectivity index (χ1v) is 5.90. The van der Waals surface area contributed by atoms with Crippen LogP contribution in [0.1, 0.15) is 38.1 Å². The molecule has 0 bridgehead atoms. The van der Waals surface area contributed by atoms with Crippen molar-refractivity contribution in [3.63, 3.8) is 0 Å². The first-order valence-electron chi connectivity index (χ1n) is 5.90. The van der Waals surface area contributed by atoms with Crippen molar-refractivity contribution >= 4 is 5.95 Å². The summed E-state index contributed by atoms with van der Waals surface area (Å²) in [6, 6.07) is 4.23. The minimum Gasteiger partial charge on any atom is -0.343 e. The van der Waals surface area contributed by atoms with Crippen LogP contribution in [0.25, 0.3) is 0 Å². The maximum absolute atomic E-state index is 8.81. The Labute approximate surface area is 103 Å². The Kier molecular flexibility index (Phi) is 4.45. The van der Waals surface area contributed by atoms with E-state index in [2.05, 4.69) is 29.9 Å². The van der Waals surface area contributed by atoms with Gasteiger partial charge in [-0.1, -0.05) is 13.8 Å². The lowest BCUT2D eigenvalue weighted by Crippen LogP contribution is -2.25. The van der Waals surface area contributed by atoms with Crippen molar-refractivity contribution in [3.05, 3.63) is 17.5 Å². The van der Waals surface area contributed by atoms with E-state index in [1.165, 1.54) is 0 Å². The lowest BCUT2D eigenvalue weighted by molar-refractivity contribution is 0.694. The average Bonchev–Trinajstić information content (AvgIpc) is 2.27. The molecular weight excluding hydrogens is 212 g/mol. The zero-order chi connectivity index (χ0) is 13.0. The zero-order valence-electron chi connectivity index (χ0n) is 11.2. The minimum absolute atomic E-state index is 0.0217. The number of nitrogens with zero attached hydrogens (tertiary/aromatic N) is 4. The zero-order valence-corrected chi connectivity index (χ0v) is 11.2. The Morgan fingerprint density at radius 2 is 2.00 bits per heavy atom. The molecule has 1 atom stereocenters. The van der Waals surface area contributed by atoms with Gasteiger partial charge in [-0.2, -0.15) is 5.26 Å². The van der Waals surface area contributed by atoms with Crippen molar-refractivity contribution in [3.8, 4) is 6.07 Å². The summed E-state index contributed by atoms with van der Waals surface area (Å²) in [5.74, 6) is 1.07. The molecule has 4 heteroatoms. The van der Waals surface area contributed by atoms with Gasteiger partial charge in [-0.3, -0.25) is 0 Å². The van der Waals surface area contributed by atoms with E-state index < -0.39 is 0 Å². The Balaban J connectivity index is 2.94. The average molecular weight is 232 g/mol. The molecule has 0 saturated heterocycles. The monoisotopic (exact) mass is 232 g/mol. The van der Waals surface area contributed by atoms with Crippen molar-refractivity contribution < 1.29 is 0 Å². The minimum atomic E-state index is -0.0217. The first-order chi connectivity index (χ1) is 7.93. The highest BCUT2D eigenvalue weighted by molar-refractivity contribution is 5.32. The molecule has 1 unspecified atom stereocenters. The van der Waals surface area contributed by atoms with Gasteiger partial charge < -0.3 is 4.90 Å². The molecule has 0 amide bonds. The Bertz CT molecular complexity index is 420. The van der Waals surface area contributed by atoms with Gasteiger partial charge in [0.15, 0.2) is 0 Å². The SMILES string of the molecule is Cc1cc(C(C)C)nc(N(C)CC(C)C#N)n1. The molecule has 0 aliphatic carbocycles. The molecule has 1 aromatic rings. The van der Waals surface area contributed by atoms with Crippen LogP contribution in [-0.2, 0) is 0 Å². The van der Waals surface area contributed by atoms with E-state index in [1.54, 1.807) is 0 Å². The van der Waals surface area contributed by atoms with E-state index in [9.17, 15) is 0 Å². The van der Waals surface area contributed by atoms with E-state index >= 15 is 0 Å². The molecule has 1 heterocycles. The van der Waals surface area contributed by atoms with Gasteiger partial charge in [0.25, 0.3) is 0 Å². The van der Waals surface area contributed by atoms with Crippen molar-refractivity contribution in [2.75, 3.05) is 18.5 Å². The summed E-state index contributed by atoms with van der Waals surface area (Å²) in [5.41, 5.74) is 2.01. The maximum Gasteiger partial charge on any atom is 0.225 e. The van der Waals surface area contributed by atoms with Gasteiger partial charge in [0.2, 0.25) is 5.95 Å². The summed E-state index contributed by atoms with van der Waals surface area (Å²) < 4.78 is 0. The van der Waals surface area contributed by atoms with Crippen LogP contribution in [0.4, 0.5) is 5.95 Å². The molecule has 0 aliphatic rings. The summed E-state index contributed by atoms with van der Waals surface area (Å²) in [7, 11) is 1.92. The second-order valence-electron chi connectivity index (χ2n) is 4.80. The molecule has 17 heavy (non-hydrogen) atoms. The van der Waals surface area contributed by atoms with Crippen LogP contribution in [0.3, 0.4) is 0 Å². The molecule has 0 aromatic carbocycles. The molecule has 92 valence electrons. The van der Waals surface area contributed by atoms with Crippen molar-refractivity contribution in [1.82, 2.24) is 9.97 Å². The largest absolute Gasteiger partial charge is 0.343 e. The number of rotatable bonds is 4. The van der Waals surface area contributed by atoms with Crippen LogP contribution in [0.5, 0.6) is 0 Å². The third kappa shape index (κ3) is 3.70. The van der Waals surface area contributed by atoms with Gasteiger partial charge >= 0.3 is 0 Å². The number of nitriles is 1. The third-order valence-corrected chi connectivity index (χ3v) is 2.56. The molecule has 0 aliphatic heterocycles. The predicted molar refractivity (Wildman–Crippen MR) is 68.9 cm³/mol. The number of hydrogen-bond acceptors (Lipinski definition) is 4. The topological polar surface area (TPSA) is 52.8 Å². The van der Waals surface area contributed by atoms with E-state index in [0.717, 1.165) is 11.4 Å². The summed E-state index contributed by atoms with van der Waals surface area (Å²) in [6.45, 7) is 8.75. The summed E-state index contributed by atoms with van der Waals surface area (Å²) >= 11 is 0. The molecule has 0 fully saturated rings. The molecule has 1 rings (SSSR count). The number of hydrogen-bond donors (Lipinski definition) is 0. The Hall–Kier alpha value is -1.63. The lowest BCUT2D eigenvalue weighted by atomic mass is 10.1. The van der Waals surface area contributed by atoms with Gasteiger partial charge in [-0.15, -0.1) is 0 Å². The van der Waals surface area contributed by atoms with E-state index in [4.69, 9.17) is 5.26 Å². The van der Waals surface area contributed by atoms with Crippen molar-refractivity contribution in [2.45, 2.75) is 33.6 Å². The standard InChI is InChI=1S/C13H20N4/c1-9(2)12-6-11(4)15-13(16-12)17(5)8-10(3)7-14/h6,9-10H,8H2,1-5H3. The van der Waals surface area contributed by atoms with Gasteiger partial charge in [-0.25, -0.2) is 9.97 Å². The van der Waals surface area contributed by atoms with Gasteiger partial charge in [0.05, 0.1) is 12.0 Å². The van der Waals surface area contributed by atoms with Crippen molar-refractivity contribution in [2.24, 2.45) is 5.92 Å². The molecular formula is C13H20N4. The highest BCUT2D eigenvalue weighted by Gasteiger charge is 2.11. The molecule has 0 saturated carbocycles. The smallest absolute Gasteiger partial charge is 0.225 e. The molecule has 0 radical (unpaired) electrons. The fourth-order valence-electron chi connectivity index (χ4n) is 1.58. The van der Waals surface area contributed by atoms with Crippen LogP contribution in [-0.4, -0.2) is 23.6 Å². The fraction of sp³-hybridized carbons (Fsp3) is 0.615. The third-order valence-electron chi connectivity index (χ3n) is 2.56. The molecule has 1 aromatic heterocycles. The van der Waals surface area contributed by atoms with Crippen LogP contribution in [0.15, 0.2) is 6.07 Å². The highest BCUT2D eigenvalue weighted by Crippen LogP contribution is 2.16. The normalized spacial score (nSPS) is 12.3. The second-order valence-corrected chi connectivity index (χ2v) is 4.80. The summed E-state index contributed by atoms with van der Waals surface area (Å²) in [4.78, 5) is 10.9. The van der Waals surface area contributed by atoms with Crippen LogP contribution in [0, 0.1) is 24.2 Å². The number of anilines is 1. The van der Waals surface area contributed by atoms with Gasteiger partial charge in [-0.05, 0) is 25.8 Å². The fourth-order valence-corrected chi connectivity index (χ4v) is 1.58. The quantitative estimate of drug-likeness (QED) is 0.800. The Morgan fingerprint density at radius 1 is 1.35 bits per heavy atom. The number of aryl methyl sites for hydroxylation is 1. The Morgan fingerprint density at radius 3 is 2.53 bits per heavy atom. The summed E-state index contributed by atoms with van der Waals surface area (Å²) in [5, 5.41) is 8.81. The van der Waals surface area contributed by atoms with Gasteiger partial charge in [0.1, 0.15) is 0 Å². The molecule has 0 N–H and O–H groups in total. The first kappa shape index (κ1) is 13.4. The predicted octanol–water partition coefficient (Wildman–Crippen LogP) is 2.50. The van der Waals surface area contributed by atoms with E-state index in [1.807, 2.05) is 31.9 Å². The molecule has 4 nitrogen and oxygen atoms in total. The number of aromatic nitrogens is 2. The van der Waals surface area contributed by atoms with Crippen LogP contribution >= 0.6 is 0 Å². The molecule has 0 spiro atoms. The van der Waals surface area contributed by atoms with Crippen LogP contribution < -0.4 is 4.90 Å². The summed E-state index contributed by atoms with van der Waals surface area (Å²) in [6.07, 6.45) is 0. The van der Waals surface area contributed by atoms with E-state index in [0.29, 0.717) is 18.4 Å². The highest BCUT2D eigenvalue weighted by atomic mass is 15.2. The second kappa shape index (κ2) is 5.62. The maximum atomic E-state index is 8.81.